The topological polar surface area (TPSA) is 53.5 Å². The van der Waals surface area contributed by atoms with Gasteiger partial charge in [-0.05, 0) is 30.3 Å². The summed E-state index contributed by atoms with van der Waals surface area (Å²) in [6.45, 7) is 0. The second kappa shape index (κ2) is 7.81. The second-order valence-electron chi connectivity index (χ2n) is 5.86. The van der Waals surface area contributed by atoms with Crippen molar-refractivity contribution in [3.63, 3.8) is 0 Å². The number of alkyl halides is 3. The number of hydrazine groups is 1. The molecule has 28 heavy (non-hydrogen) atoms. The van der Waals surface area contributed by atoms with E-state index in [0.717, 1.165) is 14.9 Å². The van der Waals surface area contributed by atoms with E-state index in [0.29, 0.717) is 17.3 Å². The molecule has 2 aromatic rings. The van der Waals surface area contributed by atoms with Crippen molar-refractivity contribution in [1.82, 2.24) is 9.99 Å². The number of rotatable bonds is 4. The van der Waals surface area contributed by atoms with Gasteiger partial charge in [-0.25, -0.2) is 4.98 Å². The highest BCUT2D eigenvalue weighted by Crippen LogP contribution is 2.36. The van der Waals surface area contributed by atoms with Crippen molar-refractivity contribution in [2.45, 2.75) is 22.7 Å². The molecule has 148 valence electrons. The van der Waals surface area contributed by atoms with Crippen LogP contribution in [0.1, 0.15) is 12.0 Å². The fraction of sp³-hybridized carbons (Fsp3) is 0.235. The number of carbonyl (C=O) groups is 2. The molecule has 1 aromatic carbocycles. The summed E-state index contributed by atoms with van der Waals surface area (Å²) in [6, 6.07) is 7.49. The van der Waals surface area contributed by atoms with Gasteiger partial charge >= 0.3 is 6.18 Å². The van der Waals surface area contributed by atoms with E-state index in [1.54, 1.807) is 24.3 Å². The Morgan fingerprint density at radius 1 is 1.21 bits per heavy atom. The van der Waals surface area contributed by atoms with Crippen molar-refractivity contribution in [2.24, 2.45) is 0 Å². The first kappa shape index (κ1) is 20.8. The quantitative estimate of drug-likeness (QED) is 0.634. The van der Waals surface area contributed by atoms with E-state index in [2.05, 4.69) is 4.98 Å². The number of aromatic nitrogens is 1. The summed E-state index contributed by atoms with van der Waals surface area (Å²) in [7, 11) is 1.34. The molecule has 1 fully saturated rings. The Kier molecular flexibility index (Phi) is 5.79. The Balaban J connectivity index is 1.80. The minimum atomic E-state index is -4.60. The van der Waals surface area contributed by atoms with E-state index < -0.39 is 28.8 Å². The highest BCUT2D eigenvalue weighted by molar-refractivity contribution is 8.00. The summed E-state index contributed by atoms with van der Waals surface area (Å²) in [5, 5.41) is 1.45. The number of hydrogen-bond acceptors (Lipinski definition) is 5. The average Bonchev–Trinajstić information content (AvgIpc) is 2.89. The zero-order valence-corrected chi connectivity index (χ0v) is 16.5. The lowest BCUT2D eigenvalue weighted by molar-refractivity contribution is -0.139. The minimum Gasteiger partial charge on any atom is -0.272 e. The largest absolute Gasteiger partial charge is 0.417 e. The standard InChI is InChI=1S/C17H12Cl2F3N3O2S/c1-24(15-12(19)6-9(8-23-15)17(20,21)22)25-14(26)7-13(16(25)27)28-11-4-2-10(18)3-5-11/h2-6,8,13H,7H2,1H3/t13-/m0/s1. The molecule has 0 saturated carbocycles. The number of hydrogen-bond donors (Lipinski definition) is 0. The van der Waals surface area contributed by atoms with Crippen LogP contribution in [0.25, 0.3) is 0 Å². The zero-order valence-electron chi connectivity index (χ0n) is 14.2. The minimum absolute atomic E-state index is 0.0608. The molecule has 0 spiro atoms. The Morgan fingerprint density at radius 2 is 1.86 bits per heavy atom. The van der Waals surface area contributed by atoms with Gasteiger partial charge in [-0.15, -0.1) is 11.8 Å². The Bertz CT molecular complexity index is 925. The van der Waals surface area contributed by atoms with Crippen molar-refractivity contribution in [1.29, 1.82) is 0 Å². The van der Waals surface area contributed by atoms with Crippen LogP contribution in [0, 0.1) is 0 Å². The number of benzene rings is 1. The molecule has 0 bridgehead atoms. The average molecular weight is 450 g/mol. The van der Waals surface area contributed by atoms with Crippen LogP contribution in [0.5, 0.6) is 0 Å². The van der Waals surface area contributed by atoms with Crippen molar-refractivity contribution in [3.05, 3.63) is 52.1 Å². The number of imide groups is 1. The van der Waals surface area contributed by atoms with Gasteiger partial charge in [0.05, 0.1) is 22.3 Å². The predicted molar refractivity (Wildman–Crippen MR) is 100 cm³/mol. The molecule has 1 aliphatic rings. The summed E-state index contributed by atoms with van der Waals surface area (Å²) in [4.78, 5) is 29.5. The van der Waals surface area contributed by atoms with Crippen molar-refractivity contribution in [3.8, 4) is 0 Å². The third kappa shape index (κ3) is 4.21. The molecular weight excluding hydrogens is 438 g/mol. The van der Waals surface area contributed by atoms with Crippen LogP contribution in [0.15, 0.2) is 41.4 Å². The monoisotopic (exact) mass is 449 g/mol. The molecule has 2 heterocycles. The van der Waals surface area contributed by atoms with Gasteiger partial charge < -0.3 is 0 Å². The normalized spacial score (nSPS) is 17.4. The van der Waals surface area contributed by atoms with Crippen molar-refractivity contribution >= 4 is 52.6 Å². The Hall–Kier alpha value is -1.97. The molecule has 2 amide bonds. The summed E-state index contributed by atoms with van der Waals surface area (Å²) < 4.78 is 38.3. The molecule has 0 radical (unpaired) electrons. The molecule has 3 rings (SSSR count). The van der Waals surface area contributed by atoms with Gasteiger partial charge in [0.25, 0.3) is 5.91 Å². The van der Waals surface area contributed by atoms with Crippen LogP contribution >= 0.6 is 35.0 Å². The van der Waals surface area contributed by atoms with Gasteiger partial charge in [0, 0.05) is 23.2 Å². The van der Waals surface area contributed by atoms with Gasteiger partial charge in [-0.2, -0.15) is 18.2 Å². The third-order valence-corrected chi connectivity index (χ3v) is 5.66. The lowest BCUT2D eigenvalue weighted by Crippen LogP contribution is -2.45. The van der Waals surface area contributed by atoms with Gasteiger partial charge in [-0.1, -0.05) is 23.2 Å². The molecule has 1 aromatic heterocycles. The first-order chi connectivity index (χ1) is 13.1. The van der Waals surface area contributed by atoms with E-state index in [9.17, 15) is 22.8 Å². The number of amides is 2. The summed E-state index contributed by atoms with van der Waals surface area (Å²) >= 11 is 12.9. The highest BCUT2D eigenvalue weighted by atomic mass is 35.5. The molecule has 0 N–H and O–H groups in total. The van der Waals surface area contributed by atoms with E-state index in [1.807, 2.05) is 0 Å². The second-order valence-corrected chi connectivity index (χ2v) is 7.98. The van der Waals surface area contributed by atoms with Crippen molar-refractivity contribution < 1.29 is 22.8 Å². The molecule has 1 saturated heterocycles. The molecule has 1 atom stereocenters. The van der Waals surface area contributed by atoms with Gasteiger partial charge in [0.2, 0.25) is 5.91 Å². The lowest BCUT2D eigenvalue weighted by atomic mass is 10.3. The number of nitrogens with zero attached hydrogens (tertiary/aromatic N) is 3. The maximum Gasteiger partial charge on any atom is 0.417 e. The SMILES string of the molecule is CN(c1ncc(C(F)(F)F)cc1Cl)N1C(=O)C[C@H](Sc2ccc(Cl)cc2)C1=O. The number of anilines is 1. The van der Waals surface area contributed by atoms with Crippen LogP contribution < -0.4 is 5.01 Å². The summed E-state index contributed by atoms with van der Waals surface area (Å²) in [6.07, 6.45) is -4.06. The molecule has 0 unspecified atom stereocenters. The Morgan fingerprint density at radius 3 is 2.43 bits per heavy atom. The van der Waals surface area contributed by atoms with Gasteiger partial charge in [-0.3, -0.25) is 14.6 Å². The highest BCUT2D eigenvalue weighted by Gasteiger charge is 2.42. The maximum absolute atomic E-state index is 12.8. The van der Waals surface area contributed by atoms with Crippen molar-refractivity contribution in [2.75, 3.05) is 12.1 Å². The number of carbonyl (C=O) groups excluding carboxylic acids is 2. The van der Waals surface area contributed by atoms with Crippen LogP contribution in [0.4, 0.5) is 19.0 Å². The lowest BCUT2D eigenvalue weighted by Gasteiger charge is -2.28. The van der Waals surface area contributed by atoms with E-state index >= 15 is 0 Å². The number of halogens is 5. The Labute approximate surface area is 172 Å². The molecule has 5 nitrogen and oxygen atoms in total. The molecular formula is C17H12Cl2F3N3O2S. The van der Waals surface area contributed by atoms with E-state index in [1.165, 1.54) is 18.8 Å². The number of thioether (sulfide) groups is 1. The fourth-order valence-electron chi connectivity index (χ4n) is 2.59. The first-order valence-electron chi connectivity index (χ1n) is 7.83. The molecule has 1 aliphatic heterocycles. The predicted octanol–water partition coefficient (Wildman–Crippen LogP) is 4.68. The number of pyridine rings is 1. The van der Waals surface area contributed by atoms with Crippen LogP contribution in [-0.2, 0) is 15.8 Å². The van der Waals surface area contributed by atoms with E-state index in [-0.39, 0.29) is 17.3 Å². The molecule has 0 aliphatic carbocycles. The maximum atomic E-state index is 12.8. The summed E-state index contributed by atoms with van der Waals surface area (Å²) in [5.41, 5.74) is -1.02. The van der Waals surface area contributed by atoms with Crippen LogP contribution in [0.3, 0.4) is 0 Å². The smallest absolute Gasteiger partial charge is 0.272 e. The van der Waals surface area contributed by atoms with Gasteiger partial charge in [0.1, 0.15) is 0 Å². The molecule has 11 heteroatoms. The third-order valence-electron chi connectivity index (χ3n) is 3.93. The van der Waals surface area contributed by atoms with E-state index in [4.69, 9.17) is 23.2 Å². The fourth-order valence-corrected chi connectivity index (χ4v) is 4.06. The van der Waals surface area contributed by atoms with Crippen LogP contribution in [-0.4, -0.2) is 34.1 Å². The van der Waals surface area contributed by atoms with Crippen LogP contribution in [0.2, 0.25) is 10.0 Å². The summed E-state index contributed by atoms with van der Waals surface area (Å²) in [5.74, 6) is -1.14. The van der Waals surface area contributed by atoms with Gasteiger partial charge in [0.15, 0.2) is 5.82 Å². The zero-order chi connectivity index (χ0) is 20.6. The first-order valence-corrected chi connectivity index (χ1v) is 9.47.